The van der Waals surface area contributed by atoms with Gasteiger partial charge in [0, 0.05) is 5.56 Å². The largest absolute Gasteiger partial charge is 0.493 e. The van der Waals surface area contributed by atoms with Crippen molar-refractivity contribution in [3.8, 4) is 5.75 Å². The lowest BCUT2D eigenvalue weighted by Gasteiger charge is -2.08. The van der Waals surface area contributed by atoms with Crippen LogP contribution in [0.15, 0.2) is 34.2 Å². The maximum Gasteiger partial charge on any atom is 0.274 e. The van der Waals surface area contributed by atoms with Crippen molar-refractivity contribution in [1.82, 2.24) is 15.2 Å². The van der Waals surface area contributed by atoms with Crippen molar-refractivity contribution in [2.24, 2.45) is 5.10 Å². The second kappa shape index (κ2) is 8.67. The highest BCUT2D eigenvalue weighted by atomic mass is 16.5. The summed E-state index contributed by atoms with van der Waals surface area (Å²) in [6, 6.07) is 7.64. The zero-order valence-corrected chi connectivity index (χ0v) is 13.4. The van der Waals surface area contributed by atoms with Crippen LogP contribution in [0.3, 0.4) is 0 Å². The highest BCUT2D eigenvalue weighted by Gasteiger charge is 2.01. The molecular weight excluding hydrogens is 294 g/mol. The first-order valence-electron chi connectivity index (χ1n) is 7.65. The van der Waals surface area contributed by atoms with Crippen LogP contribution in [-0.2, 0) is 0 Å². The number of aromatic nitrogens is 3. The van der Waals surface area contributed by atoms with Crippen LogP contribution < -0.4 is 15.7 Å². The van der Waals surface area contributed by atoms with Crippen molar-refractivity contribution in [1.29, 1.82) is 0 Å². The third-order valence-corrected chi connectivity index (χ3v) is 3.16. The predicted molar refractivity (Wildman–Crippen MR) is 90.1 cm³/mol. The molecule has 122 valence electrons. The number of aromatic amines is 1. The Balaban J connectivity index is 1.98. The van der Waals surface area contributed by atoms with Crippen LogP contribution in [0.5, 0.6) is 5.75 Å². The Morgan fingerprint density at radius 2 is 2.13 bits per heavy atom. The molecule has 7 heteroatoms. The number of hydrazone groups is 1. The van der Waals surface area contributed by atoms with Gasteiger partial charge in [0.25, 0.3) is 5.56 Å². The van der Waals surface area contributed by atoms with Gasteiger partial charge in [-0.3, -0.25) is 9.78 Å². The lowest BCUT2D eigenvalue weighted by atomic mass is 10.2. The Hall–Kier alpha value is -2.70. The van der Waals surface area contributed by atoms with Gasteiger partial charge in [-0.05, 0) is 25.5 Å². The first-order chi connectivity index (χ1) is 11.2. The minimum atomic E-state index is -0.294. The molecule has 0 aliphatic heterocycles. The molecule has 2 N–H and O–H groups in total. The number of nitrogens with zero attached hydrogens (tertiary/aromatic N) is 3. The monoisotopic (exact) mass is 315 g/mol. The second-order valence-electron chi connectivity index (χ2n) is 5.05. The van der Waals surface area contributed by atoms with E-state index >= 15 is 0 Å². The van der Waals surface area contributed by atoms with E-state index in [1.807, 2.05) is 24.3 Å². The Labute approximate surface area is 134 Å². The minimum Gasteiger partial charge on any atom is -0.493 e. The van der Waals surface area contributed by atoms with Gasteiger partial charge in [0.05, 0.1) is 12.8 Å². The molecule has 7 nitrogen and oxygen atoms in total. The molecule has 1 aromatic heterocycles. The third-order valence-electron chi connectivity index (χ3n) is 3.16. The maximum atomic E-state index is 11.4. The molecule has 0 saturated heterocycles. The van der Waals surface area contributed by atoms with Crippen LogP contribution in [0.2, 0.25) is 0 Å². The third kappa shape index (κ3) is 5.21. The molecule has 2 rings (SSSR count). The highest BCUT2D eigenvalue weighted by Crippen LogP contribution is 2.16. The van der Waals surface area contributed by atoms with E-state index in [0.29, 0.717) is 12.3 Å². The molecule has 0 radical (unpaired) electrons. The maximum absolute atomic E-state index is 11.4. The average molecular weight is 315 g/mol. The standard InChI is InChI=1S/C16H21N5O2/c1-3-4-7-10-23-14-9-6-5-8-13(14)11-17-20-16-18-15(22)12(2)19-21-16/h5-6,8-9,11H,3-4,7,10H2,1-2H3,(H2,18,20,21,22)/b17-11+. The summed E-state index contributed by atoms with van der Waals surface area (Å²) in [4.78, 5) is 14.0. The van der Waals surface area contributed by atoms with Gasteiger partial charge in [0.2, 0.25) is 5.95 Å². The van der Waals surface area contributed by atoms with E-state index in [2.05, 4.69) is 32.6 Å². The molecule has 0 saturated carbocycles. The van der Waals surface area contributed by atoms with Gasteiger partial charge in [-0.2, -0.15) is 5.10 Å². The number of para-hydroxylation sites is 1. The van der Waals surface area contributed by atoms with E-state index < -0.39 is 0 Å². The van der Waals surface area contributed by atoms with Crippen molar-refractivity contribution >= 4 is 12.2 Å². The van der Waals surface area contributed by atoms with Gasteiger partial charge in [0.15, 0.2) is 0 Å². The van der Waals surface area contributed by atoms with E-state index in [0.717, 1.165) is 30.6 Å². The van der Waals surface area contributed by atoms with Gasteiger partial charge < -0.3 is 4.74 Å². The molecule has 0 aliphatic carbocycles. The second-order valence-corrected chi connectivity index (χ2v) is 5.05. The summed E-state index contributed by atoms with van der Waals surface area (Å²) in [5, 5.41) is 11.6. The Bertz CT molecular complexity index is 712. The molecule has 0 fully saturated rings. The topological polar surface area (TPSA) is 92.3 Å². The SMILES string of the molecule is CCCCCOc1ccccc1/C=N/Nc1nnc(C)c(=O)[nH]1. The van der Waals surface area contributed by atoms with Crippen molar-refractivity contribution in [2.75, 3.05) is 12.0 Å². The summed E-state index contributed by atoms with van der Waals surface area (Å²) in [5.41, 5.74) is 3.51. The van der Waals surface area contributed by atoms with Crippen LogP contribution in [0.25, 0.3) is 0 Å². The van der Waals surface area contributed by atoms with E-state index in [1.54, 1.807) is 13.1 Å². The number of anilines is 1. The molecular formula is C16H21N5O2. The van der Waals surface area contributed by atoms with Crippen molar-refractivity contribution in [3.63, 3.8) is 0 Å². The number of hydrogen-bond donors (Lipinski definition) is 2. The number of benzene rings is 1. The zero-order valence-electron chi connectivity index (χ0n) is 13.4. The lowest BCUT2D eigenvalue weighted by molar-refractivity contribution is 0.306. The number of aryl methyl sites for hydroxylation is 1. The van der Waals surface area contributed by atoms with Crippen molar-refractivity contribution in [2.45, 2.75) is 33.1 Å². The molecule has 0 amide bonds. The van der Waals surface area contributed by atoms with Crippen LogP contribution in [0.4, 0.5) is 5.95 Å². The summed E-state index contributed by atoms with van der Waals surface area (Å²) in [7, 11) is 0. The fraction of sp³-hybridized carbons (Fsp3) is 0.375. The number of hydrogen-bond acceptors (Lipinski definition) is 6. The summed E-state index contributed by atoms with van der Waals surface area (Å²) in [5.74, 6) is 0.968. The Morgan fingerprint density at radius 3 is 2.91 bits per heavy atom. The smallest absolute Gasteiger partial charge is 0.274 e. The van der Waals surface area contributed by atoms with E-state index in [1.165, 1.54) is 0 Å². The quantitative estimate of drug-likeness (QED) is 0.443. The van der Waals surface area contributed by atoms with Crippen LogP contribution in [0.1, 0.15) is 37.4 Å². The molecule has 1 aromatic carbocycles. The van der Waals surface area contributed by atoms with E-state index in [4.69, 9.17) is 4.74 Å². The van der Waals surface area contributed by atoms with Crippen LogP contribution >= 0.6 is 0 Å². The van der Waals surface area contributed by atoms with E-state index in [9.17, 15) is 4.79 Å². The van der Waals surface area contributed by atoms with Crippen molar-refractivity contribution < 1.29 is 4.74 Å². The summed E-state index contributed by atoms with van der Waals surface area (Å²) < 4.78 is 5.77. The van der Waals surface area contributed by atoms with Gasteiger partial charge in [-0.1, -0.05) is 31.9 Å². The number of nitrogens with one attached hydrogen (secondary N) is 2. The normalized spacial score (nSPS) is 10.9. The molecule has 23 heavy (non-hydrogen) atoms. The first-order valence-corrected chi connectivity index (χ1v) is 7.65. The fourth-order valence-corrected chi connectivity index (χ4v) is 1.86. The zero-order chi connectivity index (χ0) is 16.5. The molecule has 0 spiro atoms. The van der Waals surface area contributed by atoms with E-state index in [-0.39, 0.29) is 11.5 Å². The molecule has 2 aromatic rings. The summed E-state index contributed by atoms with van der Waals surface area (Å²) in [6.45, 7) is 4.43. The lowest BCUT2D eigenvalue weighted by Crippen LogP contribution is -2.15. The minimum absolute atomic E-state index is 0.193. The van der Waals surface area contributed by atoms with Gasteiger partial charge in [-0.15, -0.1) is 10.2 Å². The summed E-state index contributed by atoms with van der Waals surface area (Å²) in [6.07, 6.45) is 4.96. The molecule has 1 heterocycles. The average Bonchev–Trinajstić information content (AvgIpc) is 2.56. The number of unbranched alkanes of at least 4 members (excludes halogenated alkanes) is 2. The highest BCUT2D eigenvalue weighted by molar-refractivity contribution is 5.83. The van der Waals surface area contributed by atoms with Gasteiger partial charge in [-0.25, -0.2) is 5.43 Å². The van der Waals surface area contributed by atoms with Crippen molar-refractivity contribution in [3.05, 3.63) is 45.9 Å². The first kappa shape index (κ1) is 16.7. The number of H-pyrrole nitrogens is 1. The number of rotatable bonds is 8. The Kier molecular flexibility index (Phi) is 6.28. The molecule has 0 bridgehead atoms. The van der Waals surface area contributed by atoms with Crippen LogP contribution in [-0.4, -0.2) is 28.0 Å². The summed E-state index contributed by atoms with van der Waals surface area (Å²) >= 11 is 0. The Morgan fingerprint density at radius 1 is 1.30 bits per heavy atom. The van der Waals surface area contributed by atoms with Gasteiger partial charge in [0.1, 0.15) is 11.4 Å². The predicted octanol–water partition coefficient (Wildman–Crippen LogP) is 2.49. The molecule has 0 unspecified atom stereocenters. The van der Waals surface area contributed by atoms with Crippen LogP contribution in [0, 0.1) is 6.92 Å². The van der Waals surface area contributed by atoms with Gasteiger partial charge >= 0.3 is 0 Å². The molecule has 0 aliphatic rings. The number of ether oxygens (including phenoxy) is 1. The fourth-order valence-electron chi connectivity index (χ4n) is 1.86. The molecule has 0 atom stereocenters.